The van der Waals surface area contributed by atoms with Crippen molar-refractivity contribution in [1.82, 2.24) is 9.97 Å². The third kappa shape index (κ3) is 2.73. The first kappa shape index (κ1) is 7.63. The van der Waals surface area contributed by atoms with E-state index in [0.29, 0.717) is 6.54 Å². The summed E-state index contributed by atoms with van der Waals surface area (Å²) in [6, 6.07) is 0. The molecule has 58 valence electrons. The van der Waals surface area contributed by atoms with Gasteiger partial charge < -0.3 is 4.98 Å². The molecule has 0 aromatic carbocycles. The summed E-state index contributed by atoms with van der Waals surface area (Å²) >= 11 is 0. The highest BCUT2D eigenvalue weighted by molar-refractivity contribution is 4.93. The van der Waals surface area contributed by atoms with E-state index >= 15 is 0 Å². The van der Waals surface area contributed by atoms with E-state index in [1.807, 2.05) is 0 Å². The molecule has 1 aromatic rings. The van der Waals surface area contributed by atoms with Crippen LogP contribution < -0.4 is 0 Å². The minimum atomic E-state index is 0.551. The average Bonchev–Trinajstić information content (AvgIpc) is 2.50. The lowest BCUT2D eigenvalue weighted by Crippen LogP contribution is -1.86. The Labute approximate surface area is 64.1 Å². The lowest BCUT2D eigenvalue weighted by atomic mass is 10.2. The second-order valence-corrected chi connectivity index (χ2v) is 2.13. The van der Waals surface area contributed by atoms with Crippen LogP contribution in [0, 0.1) is 0 Å². The topological polar surface area (TPSA) is 77.4 Å². The standard InChI is InChI=1S/C6H9N5/c7-11-10-3-1-2-6-4-8-5-9-6/h4-5H,1-3H2,(H,8,9). The maximum Gasteiger partial charge on any atom is 0.0921 e. The number of H-pyrrole nitrogens is 1. The van der Waals surface area contributed by atoms with E-state index in [1.165, 1.54) is 0 Å². The minimum Gasteiger partial charge on any atom is -0.348 e. The van der Waals surface area contributed by atoms with Gasteiger partial charge in [0, 0.05) is 23.3 Å². The quantitative estimate of drug-likeness (QED) is 0.302. The molecule has 5 nitrogen and oxygen atoms in total. The van der Waals surface area contributed by atoms with Gasteiger partial charge in [0.25, 0.3) is 0 Å². The van der Waals surface area contributed by atoms with Crippen molar-refractivity contribution in [3.8, 4) is 0 Å². The van der Waals surface area contributed by atoms with Crippen LogP contribution in [0.3, 0.4) is 0 Å². The van der Waals surface area contributed by atoms with Crippen LogP contribution in [0.25, 0.3) is 10.4 Å². The lowest BCUT2D eigenvalue weighted by Gasteiger charge is -1.90. The van der Waals surface area contributed by atoms with Gasteiger partial charge in [0.1, 0.15) is 0 Å². The molecule has 0 unspecified atom stereocenters. The Morgan fingerprint density at radius 1 is 1.73 bits per heavy atom. The number of nitrogens with zero attached hydrogens (tertiary/aromatic N) is 4. The van der Waals surface area contributed by atoms with Crippen molar-refractivity contribution in [3.63, 3.8) is 0 Å². The van der Waals surface area contributed by atoms with Gasteiger partial charge in [-0.2, -0.15) is 0 Å². The van der Waals surface area contributed by atoms with Gasteiger partial charge in [-0.1, -0.05) is 5.11 Å². The van der Waals surface area contributed by atoms with Crippen LogP contribution in [-0.2, 0) is 6.42 Å². The maximum absolute atomic E-state index is 7.96. The Bertz CT molecular complexity index is 233. The molecule has 0 saturated heterocycles. The Balaban J connectivity index is 2.18. The Morgan fingerprint density at radius 3 is 3.27 bits per heavy atom. The Kier molecular flexibility index (Phi) is 3.02. The van der Waals surface area contributed by atoms with Crippen molar-refractivity contribution in [3.05, 3.63) is 28.7 Å². The molecule has 0 aliphatic rings. The van der Waals surface area contributed by atoms with Crippen LogP contribution in [-0.4, -0.2) is 16.5 Å². The zero-order valence-electron chi connectivity index (χ0n) is 6.06. The van der Waals surface area contributed by atoms with Gasteiger partial charge in [-0.15, -0.1) is 0 Å². The zero-order valence-corrected chi connectivity index (χ0v) is 6.06. The minimum absolute atomic E-state index is 0.551. The third-order valence-corrected chi connectivity index (χ3v) is 1.32. The molecule has 1 heterocycles. The molecule has 0 bridgehead atoms. The molecule has 0 spiro atoms. The van der Waals surface area contributed by atoms with Crippen LogP contribution in [0.5, 0.6) is 0 Å². The first-order chi connectivity index (χ1) is 5.43. The van der Waals surface area contributed by atoms with E-state index < -0.39 is 0 Å². The highest BCUT2D eigenvalue weighted by Gasteiger charge is 1.91. The summed E-state index contributed by atoms with van der Waals surface area (Å²) in [4.78, 5) is 9.48. The van der Waals surface area contributed by atoms with Gasteiger partial charge >= 0.3 is 0 Å². The summed E-state index contributed by atoms with van der Waals surface area (Å²) in [5.74, 6) is 0. The molecule has 11 heavy (non-hydrogen) atoms. The first-order valence-corrected chi connectivity index (χ1v) is 3.41. The third-order valence-electron chi connectivity index (χ3n) is 1.32. The summed E-state index contributed by atoms with van der Waals surface area (Å²) in [7, 11) is 0. The second-order valence-electron chi connectivity index (χ2n) is 2.13. The van der Waals surface area contributed by atoms with E-state index in [2.05, 4.69) is 20.0 Å². The van der Waals surface area contributed by atoms with Crippen molar-refractivity contribution in [2.75, 3.05) is 6.54 Å². The van der Waals surface area contributed by atoms with Gasteiger partial charge in [0.2, 0.25) is 0 Å². The molecule has 0 amide bonds. The fourth-order valence-electron chi connectivity index (χ4n) is 0.806. The van der Waals surface area contributed by atoms with Crippen LogP contribution in [0.4, 0.5) is 0 Å². The smallest absolute Gasteiger partial charge is 0.0921 e. The normalized spacial score (nSPS) is 9.09. The van der Waals surface area contributed by atoms with E-state index in [4.69, 9.17) is 5.53 Å². The first-order valence-electron chi connectivity index (χ1n) is 3.41. The van der Waals surface area contributed by atoms with Gasteiger partial charge in [-0.25, -0.2) is 4.98 Å². The fourth-order valence-corrected chi connectivity index (χ4v) is 0.806. The van der Waals surface area contributed by atoms with Crippen LogP contribution in [0.2, 0.25) is 0 Å². The predicted molar refractivity (Wildman–Crippen MR) is 40.9 cm³/mol. The summed E-state index contributed by atoms with van der Waals surface area (Å²) in [6.45, 7) is 0.551. The van der Waals surface area contributed by atoms with Crippen molar-refractivity contribution in [1.29, 1.82) is 0 Å². The molecule has 1 rings (SSSR count). The van der Waals surface area contributed by atoms with Crippen molar-refractivity contribution >= 4 is 0 Å². The highest BCUT2D eigenvalue weighted by atomic mass is 15.1. The monoisotopic (exact) mass is 151 g/mol. The maximum atomic E-state index is 7.96. The number of hydrogen-bond acceptors (Lipinski definition) is 2. The van der Waals surface area contributed by atoms with Gasteiger partial charge in [-0.3, -0.25) is 0 Å². The predicted octanol–water partition coefficient (Wildman–Crippen LogP) is 1.65. The summed E-state index contributed by atoms with van der Waals surface area (Å²) in [5.41, 5.74) is 9.04. The SMILES string of the molecule is [N-]=[N+]=NCCCc1cnc[nH]1. The van der Waals surface area contributed by atoms with Crippen LogP contribution >= 0.6 is 0 Å². The van der Waals surface area contributed by atoms with E-state index in [9.17, 15) is 0 Å². The Morgan fingerprint density at radius 2 is 2.64 bits per heavy atom. The molecule has 1 aromatic heterocycles. The van der Waals surface area contributed by atoms with E-state index in [0.717, 1.165) is 18.5 Å². The van der Waals surface area contributed by atoms with Crippen LogP contribution in [0.1, 0.15) is 12.1 Å². The molecule has 0 atom stereocenters. The molecular formula is C6H9N5. The number of nitrogens with one attached hydrogen (secondary N) is 1. The number of azide groups is 1. The number of aryl methyl sites for hydroxylation is 1. The fraction of sp³-hybridized carbons (Fsp3) is 0.500. The summed E-state index contributed by atoms with van der Waals surface area (Å²) < 4.78 is 0. The molecule has 5 heteroatoms. The molecular weight excluding hydrogens is 142 g/mol. The average molecular weight is 151 g/mol. The van der Waals surface area contributed by atoms with Gasteiger partial charge in [-0.05, 0) is 18.4 Å². The van der Waals surface area contributed by atoms with Crippen molar-refractivity contribution in [2.45, 2.75) is 12.8 Å². The van der Waals surface area contributed by atoms with Gasteiger partial charge in [0.05, 0.1) is 6.33 Å². The largest absolute Gasteiger partial charge is 0.348 e. The zero-order chi connectivity index (χ0) is 7.94. The molecule has 0 fully saturated rings. The number of hydrogen-bond donors (Lipinski definition) is 1. The molecule has 1 N–H and O–H groups in total. The van der Waals surface area contributed by atoms with Crippen molar-refractivity contribution < 1.29 is 0 Å². The number of imidazole rings is 1. The van der Waals surface area contributed by atoms with Crippen LogP contribution in [0.15, 0.2) is 17.6 Å². The molecule has 0 radical (unpaired) electrons. The molecule has 0 saturated carbocycles. The molecule has 0 aliphatic heterocycles. The summed E-state index contributed by atoms with van der Waals surface area (Å²) in [6.07, 6.45) is 5.17. The second kappa shape index (κ2) is 4.35. The van der Waals surface area contributed by atoms with Gasteiger partial charge in [0.15, 0.2) is 0 Å². The lowest BCUT2D eigenvalue weighted by molar-refractivity contribution is 0.811. The highest BCUT2D eigenvalue weighted by Crippen LogP contribution is 1.96. The summed E-state index contributed by atoms with van der Waals surface area (Å²) in [5, 5.41) is 3.42. The van der Waals surface area contributed by atoms with Crippen molar-refractivity contribution in [2.24, 2.45) is 5.11 Å². The Hall–Kier alpha value is -1.48. The van der Waals surface area contributed by atoms with E-state index in [-0.39, 0.29) is 0 Å². The number of rotatable bonds is 4. The van der Waals surface area contributed by atoms with E-state index in [1.54, 1.807) is 12.5 Å². The number of aromatic amines is 1. The number of aromatic nitrogens is 2. The molecule has 0 aliphatic carbocycles.